The molecule has 0 aromatic carbocycles. The van der Waals surface area contributed by atoms with Gasteiger partial charge in [0, 0.05) is 12.7 Å². The van der Waals surface area contributed by atoms with E-state index >= 15 is 0 Å². The van der Waals surface area contributed by atoms with Crippen molar-refractivity contribution in [2.75, 3.05) is 6.54 Å². The van der Waals surface area contributed by atoms with Crippen LogP contribution in [0.15, 0.2) is 24.4 Å². The minimum Gasteiger partial charge on any atom is -0.443 e. The lowest BCUT2D eigenvalue weighted by Crippen LogP contribution is -2.33. The molecule has 0 N–H and O–H groups in total. The lowest BCUT2D eigenvalue weighted by molar-refractivity contribution is 0.0338. The second kappa shape index (κ2) is 4.31. The summed E-state index contributed by atoms with van der Waals surface area (Å²) in [5, 5.41) is 0. The molecule has 0 fully saturated rings. The van der Waals surface area contributed by atoms with E-state index in [4.69, 9.17) is 4.74 Å². The number of ether oxygens (including phenoxy) is 1. The molecule has 78 valence electrons. The molecule has 1 aliphatic heterocycles. The van der Waals surface area contributed by atoms with E-state index < -0.39 is 5.60 Å². The maximum atomic E-state index is 11.6. The Labute approximate surface area is 85.0 Å². The number of rotatable bonds is 0. The van der Waals surface area contributed by atoms with Crippen molar-refractivity contribution >= 4 is 6.09 Å². The van der Waals surface area contributed by atoms with Gasteiger partial charge in [-0.1, -0.05) is 12.2 Å². The fourth-order valence-corrected chi connectivity index (χ4v) is 1.09. The largest absolute Gasteiger partial charge is 0.443 e. The van der Waals surface area contributed by atoms with Gasteiger partial charge >= 0.3 is 6.09 Å². The number of carbonyl (C=O) groups excluding carboxylic acids is 1. The van der Waals surface area contributed by atoms with Crippen LogP contribution < -0.4 is 0 Å². The van der Waals surface area contributed by atoms with Crippen molar-refractivity contribution in [3.63, 3.8) is 0 Å². The van der Waals surface area contributed by atoms with Gasteiger partial charge in [0.2, 0.25) is 0 Å². The molecule has 1 rings (SSSR count). The molecule has 0 saturated carbocycles. The third-order valence-corrected chi connectivity index (χ3v) is 1.68. The molecule has 1 heterocycles. The molecule has 0 aliphatic carbocycles. The maximum Gasteiger partial charge on any atom is 0.414 e. The van der Waals surface area contributed by atoms with Crippen LogP contribution in [0.1, 0.15) is 27.2 Å². The molecule has 3 heteroatoms. The van der Waals surface area contributed by atoms with Gasteiger partial charge in [0.05, 0.1) is 0 Å². The van der Waals surface area contributed by atoms with Crippen molar-refractivity contribution in [1.29, 1.82) is 0 Å². The lowest BCUT2D eigenvalue weighted by atomic mass is 10.2. The Morgan fingerprint density at radius 1 is 1.36 bits per heavy atom. The minimum absolute atomic E-state index is 0.280. The zero-order valence-corrected chi connectivity index (χ0v) is 8.99. The van der Waals surface area contributed by atoms with Gasteiger partial charge < -0.3 is 4.74 Å². The van der Waals surface area contributed by atoms with Gasteiger partial charge in [-0.15, -0.1) is 0 Å². The Morgan fingerprint density at radius 2 is 2.07 bits per heavy atom. The quantitative estimate of drug-likeness (QED) is 0.594. The standard InChI is InChI=1S/C11H17NO2/c1-11(2,3)14-10(13)12-8-6-4-5-7-9-12/h4-6,8H,7,9H2,1-3H3. The number of hydrogen-bond donors (Lipinski definition) is 0. The molecule has 3 nitrogen and oxygen atoms in total. The smallest absolute Gasteiger partial charge is 0.414 e. The van der Waals surface area contributed by atoms with Crippen LogP contribution in [-0.2, 0) is 4.74 Å². The van der Waals surface area contributed by atoms with Gasteiger partial charge in [-0.05, 0) is 33.3 Å². The van der Waals surface area contributed by atoms with Crippen molar-refractivity contribution in [2.24, 2.45) is 0 Å². The summed E-state index contributed by atoms with van der Waals surface area (Å²) in [5.74, 6) is 0. The Morgan fingerprint density at radius 3 is 2.71 bits per heavy atom. The van der Waals surface area contributed by atoms with E-state index in [9.17, 15) is 4.79 Å². The average molecular weight is 195 g/mol. The van der Waals surface area contributed by atoms with Crippen molar-refractivity contribution in [3.8, 4) is 0 Å². The van der Waals surface area contributed by atoms with Crippen LogP contribution in [0.5, 0.6) is 0 Å². The number of nitrogens with zero attached hydrogens (tertiary/aromatic N) is 1. The van der Waals surface area contributed by atoms with Gasteiger partial charge in [-0.25, -0.2) is 4.79 Å². The van der Waals surface area contributed by atoms with Crippen molar-refractivity contribution in [1.82, 2.24) is 4.90 Å². The molecular formula is C11H17NO2. The summed E-state index contributed by atoms with van der Waals surface area (Å²) < 4.78 is 5.24. The highest BCUT2D eigenvalue weighted by Gasteiger charge is 2.20. The Balaban J connectivity index is 2.53. The van der Waals surface area contributed by atoms with E-state index in [0.29, 0.717) is 6.54 Å². The van der Waals surface area contributed by atoms with Crippen molar-refractivity contribution in [2.45, 2.75) is 32.8 Å². The number of amides is 1. The summed E-state index contributed by atoms with van der Waals surface area (Å²) in [4.78, 5) is 13.2. The Hall–Kier alpha value is -1.25. The summed E-state index contributed by atoms with van der Waals surface area (Å²) >= 11 is 0. The molecule has 0 bridgehead atoms. The highest BCUT2D eigenvalue weighted by molar-refractivity contribution is 5.69. The van der Waals surface area contributed by atoms with Crippen LogP contribution in [0.2, 0.25) is 0 Å². The van der Waals surface area contributed by atoms with E-state index in [2.05, 4.69) is 0 Å². The van der Waals surface area contributed by atoms with Gasteiger partial charge in [-0.3, -0.25) is 4.90 Å². The van der Waals surface area contributed by atoms with E-state index in [-0.39, 0.29) is 6.09 Å². The normalized spacial score (nSPS) is 16.6. The predicted octanol–water partition coefficient (Wildman–Crippen LogP) is 2.70. The molecule has 0 unspecified atom stereocenters. The van der Waals surface area contributed by atoms with Crippen LogP contribution in [0.4, 0.5) is 4.79 Å². The number of allylic oxidation sites excluding steroid dienone is 2. The molecule has 0 aromatic heterocycles. The second-order valence-corrected chi connectivity index (χ2v) is 4.23. The molecule has 14 heavy (non-hydrogen) atoms. The summed E-state index contributed by atoms with van der Waals surface area (Å²) in [6, 6.07) is 0. The first-order valence-electron chi connectivity index (χ1n) is 4.82. The topological polar surface area (TPSA) is 29.5 Å². The lowest BCUT2D eigenvalue weighted by Gasteiger charge is -2.24. The summed E-state index contributed by atoms with van der Waals surface area (Å²) in [5.41, 5.74) is -0.426. The first-order chi connectivity index (χ1) is 6.49. The van der Waals surface area contributed by atoms with Gasteiger partial charge in [-0.2, -0.15) is 0 Å². The van der Waals surface area contributed by atoms with Crippen LogP contribution in [-0.4, -0.2) is 23.1 Å². The molecule has 0 aromatic rings. The Bertz CT molecular complexity index is 261. The molecule has 1 aliphatic rings. The third kappa shape index (κ3) is 3.64. The molecular weight excluding hydrogens is 178 g/mol. The van der Waals surface area contributed by atoms with Gasteiger partial charge in [0.15, 0.2) is 0 Å². The van der Waals surface area contributed by atoms with Gasteiger partial charge in [0.25, 0.3) is 0 Å². The first kappa shape index (κ1) is 10.8. The van der Waals surface area contributed by atoms with Gasteiger partial charge in [0.1, 0.15) is 5.60 Å². The predicted molar refractivity (Wildman–Crippen MR) is 55.8 cm³/mol. The molecule has 1 amide bonds. The molecule has 0 spiro atoms. The molecule has 0 atom stereocenters. The summed E-state index contributed by atoms with van der Waals surface area (Å²) in [7, 11) is 0. The molecule has 0 saturated heterocycles. The van der Waals surface area contributed by atoms with Crippen LogP contribution >= 0.6 is 0 Å². The number of carbonyl (C=O) groups is 1. The van der Waals surface area contributed by atoms with E-state index in [1.165, 1.54) is 0 Å². The van der Waals surface area contributed by atoms with Crippen LogP contribution in [0, 0.1) is 0 Å². The second-order valence-electron chi connectivity index (χ2n) is 4.23. The highest BCUT2D eigenvalue weighted by Crippen LogP contribution is 2.11. The fraction of sp³-hybridized carbons (Fsp3) is 0.545. The monoisotopic (exact) mass is 195 g/mol. The van der Waals surface area contributed by atoms with Crippen LogP contribution in [0.25, 0.3) is 0 Å². The fourth-order valence-electron chi connectivity index (χ4n) is 1.09. The summed E-state index contributed by atoms with van der Waals surface area (Å²) in [6.07, 6.45) is 8.14. The highest BCUT2D eigenvalue weighted by atomic mass is 16.6. The average Bonchev–Trinajstić information content (AvgIpc) is 2.27. The van der Waals surface area contributed by atoms with E-state index in [1.807, 2.05) is 39.0 Å². The number of hydrogen-bond acceptors (Lipinski definition) is 2. The van der Waals surface area contributed by atoms with Crippen molar-refractivity contribution in [3.05, 3.63) is 24.4 Å². The molecule has 0 radical (unpaired) electrons. The van der Waals surface area contributed by atoms with Crippen LogP contribution in [0.3, 0.4) is 0 Å². The Kier molecular flexibility index (Phi) is 3.33. The van der Waals surface area contributed by atoms with Crippen molar-refractivity contribution < 1.29 is 9.53 Å². The zero-order valence-electron chi connectivity index (χ0n) is 8.99. The van der Waals surface area contributed by atoms with E-state index in [1.54, 1.807) is 11.1 Å². The third-order valence-electron chi connectivity index (χ3n) is 1.68. The first-order valence-corrected chi connectivity index (χ1v) is 4.82. The maximum absolute atomic E-state index is 11.6. The van der Waals surface area contributed by atoms with E-state index in [0.717, 1.165) is 6.42 Å². The zero-order chi connectivity index (χ0) is 10.6. The SMILES string of the molecule is CC(C)(C)OC(=O)N1C=CC=CCC1. The minimum atomic E-state index is -0.426. The summed E-state index contributed by atoms with van der Waals surface area (Å²) in [6.45, 7) is 6.28.